The normalized spacial score (nSPS) is 17.6. The van der Waals surface area contributed by atoms with Gasteiger partial charge in [0, 0.05) is 6.20 Å². The zero-order valence-corrected chi connectivity index (χ0v) is 10.1. The number of anilines is 1. The number of fused-ring (bicyclic) bond motifs is 1. The number of pyridine rings is 1. The molecule has 2 heterocycles. The molecule has 1 fully saturated rings. The Labute approximate surface area is 101 Å². The van der Waals surface area contributed by atoms with Gasteiger partial charge in [0.15, 0.2) is 5.65 Å². The Morgan fingerprint density at radius 1 is 1.56 bits per heavy atom. The van der Waals surface area contributed by atoms with Crippen molar-refractivity contribution < 1.29 is 5.11 Å². The summed E-state index contributed by atoms with van der Waals surface area (Å²) in [5.41, 5.74) is 0.593. The molecule has 0 radical (unpaired) electrons. The van der Waals surface area contributed by atoms with Crippen LogP contribution in [0.25, 0.3) is 5.65 Å². The maximum atomic E-state index is 9.21. The predicted molar refractivity (Wildman–Crippen MR) is 63.4 cm³/mol. The van der Waals surface area contributed by atoms with Gasteiger partial charge in [-0.1, -0.05) is 0 Å². The third-order valence-corrected chi connectivity index (χ3v) is 3.47. The van der Waals surface area contributed by atoms with Gasteiger partial charge in [0.1, 0.15) is 0 Å². The molecule has 16 heavy (non-hydrogen) atoms. The lowest BCUT2D eigenvalue weighted by Gasteiger charge is -2.11. The Hall–Kier alpha value is -1.14. The highest BCUT2D eigenvalue weighted by Crippen LogP contribution is 2.37. The molecule has 0 aromatic carbocycles. The van der Waals surface area contributed by atoms with Gasteiger partial charge in [0.25, 0.3) is 0 Å². The lowest BCUT2D eigenvalue weighted by Crippen LogP contribution is -2.26. The number of hydrogen-bond acceptors (Lipinski definition) is 4. The lowest BCUT2D eigenvalue weighted by atomic mass is 10.3. The van der Waals surface area contributed by atoms with Crippen molar-refractivity contribution in [1.82, 2.24) is 14.6 Å². The van der Waals surface area contributed by atoms with Crippen LogP contribution in [0.5, 0.6) is 0 Å². The van der Waals surface area contributed by atoms with Crippen LogP contribution in [0.1, 0.15) is 12.8 Å². The van der Waals surface area contributed by atoms with Gasteiger partial charge in [-0.2, -0.15) is 4.98 Å². The van der Waals surface area contributed by atoms with Gasteiger partial charge >= 0.3 is 0 Å². The fraction of sp³-hybridized carbons (Fsp3) is 0.400. The number of hydrogen-bond donors (Lipinski definition) is 2. The molecule has 2 aromatic rings. The molecule has 84 valence electrons. The zero-order chi connectivity index (χ0) is 11.2. The molecular formula is C10H11BrN4O. The molecule has 0 bridgehead atoms. The summed E-state index contributed by atoms with van der Waals surface area (Å²) in [6, 6.07) is 3.82. The quantitative estimate of drug-likeness (QED) is 0.894. The van der Waals surface area contributed by atoms with Crippen LogP contribution >= 0.6 is 15.9 Å². The lowest BCUT2D eigenvalue weighted by molar-refractivity contribution is 0.265. The van der Waals surface area contributed by atoms with E-state index in [9.17, 15) is 5.11 Å². The Morgan fingerprint density at radius 2 is 2.38 bits per heavy atom. The van der Waals surface area contributed by atoms with Crippen LogP contribution in [0.3, 0.4) is 0 Å². The average molecular weight is 283 g/mol. The maximum Gasteiger partial charge on any atom is 0.243 e. The van der Waals surface area contributed by atoms with Gasteiger partial charge in [-0.05, 0) is 40.9 Å². The van der Waals surface area contributed by atoms with E-state index in [1.807, 2.05) is 18.3 Å². The first-order chi connectivity index (χ1) is 7.72. The van der Waals surface area contributed by atoms with Crippen molar-refractivity contribution >= 4 is 27.5 Å². The van der Waals surface area contributed by atoms with Crippen LogP contribution in [0, 0.1) is 0 Å². The van der Waals surface area contributed by atoms with Crippen molar-refractivity contribution in [3.63, 3.8) is 0 Å². The van der Waals surface area contributed by atoms with E-state index in [2.05, 4.69) is 31.3 Å². The summed E-state index contributed by atoms with van der Waals surface area (Å²) in [5, 5.41) is 16.7. The highest BCUT2D eigenvalue weighted by atomic mass is 79.9. The Balaban J connectivity index is 1.96. The van der Waals surface area contributed by atoms with Crippen LogP contribution in [0.2, 0.25) is 0 Å². The van der Waals surface area contributed by atoms with Gasteiger partial charge in [0.05, 0.1) is 16.6 Å². The van der Waals surface area contributed by atoms with Crippen molar-refractivity contribution in [1.29, 1.82) is 0 Å². The van der Waals surface area contributed by atoms with Crippen molar-refractivity contribution in [3.8, 4) is 0 Å². The maximum absolute atomic E-state index is 9.21. The van der Waals surface area contributed by atoms with E-state index >= 15 is 0 Å². The first-order valence-electron chi connectivity index (χ1n) is 5.12. The van der Waals surface area contributed by atoms with Crippen LogP contribution in [0.15, 0.2) is 22.8 Å². The molecular weight excluding hydrogens is 272 g/mol. The van der Waals surface area contributed by atoms with Crippen molar-refractivity contribution in [2.75, 3.05) is 11.9 Å². The first-order valence-corrected chi connectivity index (χ1v) is 5.92. The molecule has 0 unspecified atom stereocenters. The molecule has 0 atom stereocenters. The third kappa shape index (κ3) is 1.58. The minimum absolute atomic E-state index is 0.129. The molecule has 1 aliphatic rings. The van der Waals surface area contributed by atoms with Gasteiger partial charge in [-0.15, -0.1) is 5.10 Å². The summed E-state index contributed by atoms with van der Waals surface area (Å²) in [4.78, 5) is 4.37. The molecule has 2 N–H and O–H groups in total. The van der Waals surface area contributed by atoms with Gasteiger partial charge in [0.2, 0.25) is 5.95 Å². The molecule has 2 aromatic heterocycles. The Morgan fingerprint density at radius 3 is 3.00 bits per heavy atom. The van der Waals surface area contributed by atoms with Gasteiger partial charge in [-0.3, -0.25) is 0 Å². The summed E-state index contributed by atoms with van der Waals surface area (Å²) >= 11 is 3.42. The smallest absolute Gasteiger partial charge is 0.243 e. The van der Waals surface area contributed by atoms with E-state index in [4.69, 9.17) is 0 Å². The van der Waals surface area contributed by atoms with Crippen LogP contribution in [0.4, 0.5) is 5.95 Å². The largest absolute Gasteiger partial charge is 0.394 e. The minimum Gasteiger partial charge on any atom is -0.394 e. The second-order valence-corrected chi connectivity index (χ2v) is 4.98. The number of aromatic nitrogens is 3. The van der Waals surface area contributed by atoms with E-state index < -0.39 is 0 Å². The Bertz CT molecular complexity index is 535. The molecule has 5 nitrogen and oxygen atoms in total. The Kier molecular flexibility index (Phi) is 2.15. The second kappa shape index (κ2) is 3.43. The van der Waals surface area contributed by atoms with E-state index in [0.29, 0.717) is 5.95 Å². The number of aliphatic hydroxyl groups excluding tert-OH is 1. The molecule has 6 heteroatoms. The summed E-state index contributed by atoms with van der Waals surface area (Å²) in [6.07, 6.45) is 3.79. The van der Waals surface area contributed by atoms with E-state index in [1.54, 1.807) is 4.52 Å². The standard InChI is InChI=1S/C10H11BrN4O/c11-7-2-1-5-15-8(7)12-9(14-15)13-10(6-16)3-4-10/h1-2,5,16H,3-4,6H2,(H,13,14). The number of rotatable bonds is 3. The summed E-state index contributed by atoms with van der Waals surface area (Å²) in [5.74, 6) is 0.568. The van der Waals surface area contributed by atoms with Crippen LogP contribution < -0.4 is 5.32 Å². The predicted octanol–water partition coefficient (Wildman–Crippen LogP) is 1.43. The number of nitrogens with zero attached hydrogens (tertiary/aromatic N) is 3. The average Bonchev–Trinajstić information content (AvgIpc) is 2.91. The number of halogens is 1. The molecule has 3 rings (SSSR count). The van der Waals surface area contributed by atoms with E-state index in [1.165, 1.54) is 0 Å². The minimum atomic E-state index is -0.183. The molecule has 0 amide bonds. The molecule has 0 aliphatic heterocycles. The van der Waals surface area contributed by atoms with Crippen LogP contribution in [-0.2, 0) is 0 Å². The zero-order valence-electron chi connectivity index (χ0n) is 8.52. The highest BCUT2D eigenvalue weighted by molar-refractivity contribution is 9.10. The van der Waals surface area contributed by atoms with Gasteiger partial charge < -0.3 is 10.4 Å². The van der Waals surface area contributed by atoms with Crippen molar-refractivity contribution in [2.24, 2.45) is 0 Å². The topological polar surface area (TPSA) is 62.5 Å². The molecule has 0 spiro atoms. The summed E-state index contributed by atoms with van der Waals surface area (Å²) < 4.78 is 2.62. The molecule has 1 aliphatic carbocycles. The molecule has 0 saturated heterocycles. The summed E-state index contributed by atoms with van der Waals surface area (Å²) in [7, 11) is 0. The van der Waals surface area contributed by atoms with Crippen molar-refractivity contribution in [3.05, 3.63) is 22.8 Å². The van der Waals surface area contributed by atoms with E-state index in [0.717, 1.165) is 23.0 Å². The van der Waals surface area contributed by atoms with E-state index in [-0.39, 0.29) is 12.1 Å². The van der Waals surface area contributed by atoms with Gasteiger partial charge in [-0.25, -0.2) is 4.52 Å². The number of aliphatic hydroxyl groups is 1. The first kappa shape index (κ1) is 10.0. The summed E-state index contributed by atoms with van der Waals surface area (Å²) in [6.45, 7) is 0.129. The van der Waals surface area contributed by atoms with Crippen molar-refractivity contribution in [2.45, 2.75) is 18.4 Å². The fourth-order valence-corrected chi connectivity index (χ4v) is 2.06. The second-order valence-electron chi connectivity index (χ2n) is 4.12. The SMILES string of the molecule is OCC1(Nc2nc3c(Br)cccn3n2)CC1. The number of nitrogens with one attached hydrogen (secondary N) is 1. The van der Waals surface area contributed by atoms with Crippen LogP contribution in [-0.4, -0.2) is 31.9 Å². The fourth-order valence-electron chi connectivity index (χ4n) is 1.64. The third-order valence-electron chi connectivity index (χ3n) is 2.85. The molecule has 1 saturated carbocycles. The highest BCUT2D eigenvalue weighted by Gasteiger charge is 2.42. The monoisotopic (exact) mass is 282 g/mol.